The van der Waals surface area contributed by atoms with Gasteiger partial charge >= 0.3 is 0 Å². The van der Waals surface area contributed by atoms with Gasteiger partial charge in [-0.15, -0.1) is 0 Å². The fourth-order valence-corrected chi connectivity index (χ4v) is 3.60. The lowest BCUT2D eigenvalue weighted by Gasteiger charge is -2.00. The molecule has 0 aliphatic heterocycles. The van der Waals surface area contributed by atoms with Crippen LogP contribution >= 0.6 is 34.7 Å². The maximum atomic E-state index is 5.96. The number of aryl methyl sites for hydroxylation is 1. The molecule has 7 heteroatoms. The zero-order valence-corrected chi connectivity index (χ0v) is 16.3. The first-order chi connectivity index (χ1) is 12.1. The highest BCUT2D eigenvalue weighted by Gasteiger charge is 2.05. The second-order valence-corrected chi connectivity index (χ2v) is 7.15. The molecule has 3 aromatic rings. The van der Waals surface area contributed by atoms with Crippen LogP contribution in [0.1, 0.15) is 13.8 Å². The highest BCUT2D eigenvalue weighted by Crippen LogP contribution is 2.16. The van der Waals surface area contributed by atoms with Crippen LogP contribution in [0.15, 0.2) is 58.5 Å². The second kappa shape index (κ2) is 8.04. The Morgan fingerprint density at radius 3 is 1.80 bits per heavy atom. The first-order valence-corrected chi connectivity index (χ1v) is 9.55. The summed E-state index contributed by atoms with van der Waals surface area (Å²) in [6.45, 7) is 5.80. The average Bonchev–Trinajstić information content (AvgIpc) is 2.95. The van der Waals surface area contributed by atoms with Gasteiger partial charge in [0, 0.05) is 23.1 Å². The number of rotatable bonds is 4. The van der Waals surface area contributed by atoms with E-state index in [0.717, 1.165) is 34.9 Å². The molecule has 0 spiro atoms. The molecular weight excluding hydrogens is 375 g/mol. The van der Waals surface area contributed by atoms with Gasteiger partial charge in [0.05, 0.1) is 11.4 Å². The number of hydrogen-bond acceptors (Lipinski definition) is 3. The molecule has 0 saturated heterocycles. The Labute approximate surface area is 160 Å². The van der Waals surface area contributed by atoms with Gasteiger partial charge in [-0.1, -0.05) is 23.2 Å². The summed E-state index contributed by atoms with van der Waals surface area (Å²) in [5.74, 6) is 0. The van der Waals surface area contributed by atoms with E-state index in [9.17, 15) is 0 Å². The van der Waals surface area contributed by atoms with Crippen molar-refractivity contribution in [1.29, 1.82) is 0 Å². The Morgan fingerprint density at radius 1 is 0.800 bits per heavy atom. The number of hydrogen-bond donors (Lipinski definition) is 0. The zero-order valence-electron chi connectivity index (χ0n) is 14.0. The Balaban J connectivity index is 2.17. The van der Waals surface area contributed by atoms with Crippen molar-refractivity contribution >= 4 is 46.1 Å². The van der Waals surface area contributed by atoms with Crippen molar-refractivity contribution in [3.8, 4) is 0 Å². The Bertz CT molecular complexity index is 980. The summed E-state index contributed by atoms with van der Waals surface area (Å²) < 4.78 is 4.24. The monoisotopic (exact) mass is 392 g/mol. The van der Waals surface area contributed by atoms with Crippen molar-refractivity contribution in [2.75, 3.05) is 0 Å². The van der Waals surface area contributed by atoms with Crippen LogP contribution in [0.2, 0.25) is 10.0 Å². The minimum Gasteiger partial charge on any atom is -0.286 e. The topological polar surface area (TPSA) is 34.6 Å². The molecule has 0 atom stereocenters. The third-order valence-electron chi connectivity index (χ3n) is 3.60. The molecule has 0 saturated carbocycles. The van der Waals surface area contributed by atoms with Gasteiger partial charge in [-0.05, 0) is 73.9 Å². The van der Waals surface area contributed by atoms with Gasteiger partial charge in [0.15, 0.2) is 0 Å². The maximum absolute atomic E-state index is 5.96. The predicted molar refractivity (Wildman–Crippen MR) is 105 cm³/mol. The van der Waals surface area contributed by atoms with Crippen LogP contribution < -0.4 is 10.4 Å². The highest BCUT2D eigenvalue weighted by atomic mass is 35.5. The van der Waals surface area contributed by atoms with E-state index in [1.165, 1.54) is 0 Å². The molecule has 25 heavy (non-hydrogen) atoms. The summed E-state index contributed by atoms with van der Waals surface area (Å²) in [6, 6.07) is 15.0. The molecule has 2 aromatic carbocycles. The molecule has 0 fully saturated rings. The molecule has 1 aromatic heterocycles. The molecule has 0 N–H and O–H groups in total. The fraction of sp³-hybridized carbons (Fsp3) is 0.222. The van der Waals surface area contributed by atoms with E-state index in [1.54, 1.807) is 11.5 Å². The number of nitrogens with zero attached hydrogens (tertiary/aromatic N) is 4. The average molecular weight is 393 g/mol. The van der Waals surface area contributed by atoms with Crippen LogP contribution in [-0.4, -0.2) is 8.52 Å². The largest absolute Gasteiger partial charge is 0.286 e. The summed E-state index contributed by atoms with van der Waals surface area (Å²) in [5.41, 5.74) is 2.61. The molecule has 0 aliphatic rings. The molecule has 4 nitrogen and oxygen atoms in total. The Kier molecular flexibility index (Phi) is 5.78. The predicted octanol–water partition coefficient (Wildman–Crippen LogP) is 5.16. The smallest absolute Gasteiger partial charge is 0.221 e. The van der Waals surface area contributed by atoms with E-state index >= 15 is 0 Å². The van der Waals surface area contributed by atoms with Gasteiger partial charge in [-0.2, -0.15) is 0 Å². The van der Waals surface area contributed by atoms with Crippen LogP contribution in [0.25, 0.3) is 0 Å². The molecule has 0 aliphatic carbocycles. The van der Waals surface area contributed by atoms with E-state index in [2.05, 4.69) is 22.4 Å². The Hall–Kier alpha value is -1.82. The van der Waals surface area contributed by atoms with Crippen LogP contribution in [0.4, 0.5) is 11.4 Å². The van der Waals surface area contributed by atoms with Crippen molar-refractivity contribution in [2.24, 2.45) is 9.98 Å². The molecule has 0 radical (unpaired) electrons. The number of halogens is 2. The van der Waals surface area contributed by atoms with Crippen molar-refractivity contribution in [1.82, 2.24) is 8.52 Å². The Morgan fingerprint density at radius 2 is 1.32 bits per heavy atom. The standard InChI is InChI=1S/C18H18Cl2N4S/c1-3-23-17(21-15-9-5-13(19)6-10-15)24(4-2)25-18(23)22-16-11-7-14(20)8-12-16/h5-12H,3-4H2,1-2H3. The SMILES string of the molecule is CCn1sc(=Nc2ccc(Cl)cc2)n(CC)c1=Nc1ccc(Cl)cc1. The van der Waals surface area contributed by atoms with Gasteiger partial charge in [-0.3, -0.25) is 8.52 Å². The van der Waals surface area contributed by atoms with Crippen molar-refractivity contribution in [3.63, 3.8) is 0 Å². The molecule has 130 valence electrons. The van der Waals surface area contributed by atoms with Crippen LogP contribution in [0.3, 0.4) is 0 Å². The van der Waals surface area contributed by atoms with Gasteiger partial charge < -0.3 is 0 Å². The fourth-order valence-electron chi connectivity index (χ4n) is 2.35. The minimum absolute atomic E-state index is 0.703. The first kappa shape index (κ1) is 18.0. The van der Waals surface area contributed by atoms with E-state index in [4.69, 9.17) is 33.2 Å². The second-order valence-electron chi connectivity index (χ2n) is 5.29. The normalized spacial score (nSPS) is 12.8. The number of benzene rings is 2. The minimum atomic E-state index is 0.703. The van der Waals surface area contributed by atoms with Crippen molar-refractivity contribution in [2.45, 2.75) is 26.9 Å². The van der Waals surface area contributed by atoms with Gasteiger partial charge in [0.2, 0.25) is 10.4 Å². The zero-order chi connectivity index (χ0) is 17.8. The lowest BCUT2D eigenvalue weighted by atomic mass is 10.3. The van der Waals surface area contributed by atoms with Crippen LogP contribution in [0, 0.1) is 0 Å². The lowest BCUT2D eigenvalue weighted by molar-refractivity contribution is 0.632. The van der Waals surface area contributed by atoms with Crippen molar-refractivity contribution < 1.29 is 0 Å². The van der Waals surface area contributed by atoms with Crippen LogP contribution in [0.5, 0.6) is 0 Å². The third-order valence-corrected chi connectivity index (χ3v) is 5.22. The lowest BCUT2D eigenvalue weighted by Crippen LogP contribution is -2.29. The summed E-state index contributed by atoms with van der Waals surface area (Å²) in [4.78, 5) is 10.5. The van der Waals surface area contributed by atoms with Gasteiger partial charge in [-0.25, -0.2) is 9.98 Å². The molecule has 0 amide bonds. The molecule has 0 unspecified atom stereocenters. The van der Waals surface area contributed by atoms with Crippen molar-refractivity contribution in [3.05, 3.63) is 69.0 Å². The maximum Gasteiger partial charge on any atom is 0.221 e. The molecule has 0 bridgehead atoms. The van der Waals surface area contributed by atoms with Crippen LogP contribution in [-0.2, 0) is 13.1 Å². The van der Waals surface area contributed by atoms with E-state index in [-0.39, 0.29) is 0 Å². The highest BCUT2D eigenvalue weighted by molar-refractivity contribution is 7.03. The third kappa shape index (κ3) is 4.24. The van der Waals surface area contributed by atoms with Gasteiger partial charge in [0.1, 0.15) is 0 Å². The number of aromatic nitrogens is 2. The van der Waals surface area contributed by atoms with E-state index in [0.29, 0.717) is 10.0 Å². The summed E-state index contributed by atoms with van der Waals surface area (Å²) in [7, 11) is 0. The molecular formula is C18H18Cl2N4S. The summed E-state index contributed by atoms with van der Waals surface area (Å²) in [6.07, 6.45) is 0. The summed E-state index contributed by atoms with van der Waals surface area (Å²) in [5, 5.41) is 1.41. The molecule has 3 rings (SSSR count). The summed E-state index contributed by atoms with van der Waals surface area (Å²) >= 11 is 13.5. The quantitative estimate of drug-likeness (QED) is 0.587. The van der Waals surface area contributed by atoms with E-state index < -0.39 is 0 Å². The molecule has 1 heterocycles. The first-order valence-electron chi connectivity index (χ1n) is 8.02. The van der Waals surface area contributed by atoms with E-state index in [1.807, 2.05) is 48.5 Å². The van der Waals surface area contributed by atoms with Gasteiger partial charge in [0.25, 0.3) is 0 Å².